The second-order valence-electron chi connectivity index (χ2n) is 5.92. The van der Waals surface area contributed by atoms with Crippen molar-refractivity contribution in [1.82, 2.24) is 10.9 Å². The van der Waals surface area contributed by atoms with Crippen molar-refractivity contribution >= 4 is 46.5 Å². The molecule has 0 saturated heterocycles. The number of nitrogens with two attached hydrogens (primary N) is 1. The Morgan fingerprint density at radius 1 is 1.21 bits per heavy atom. The first kappa shape index (κ1) is 20.0. The number of hydrazine groups is 1. The standard InChI is InChI=1S/C17H14Cl2FN5O3/c18-10-5-6-11(19)14-13(10)17(28,15(26)22-14)7-12(24-25-16(27)23-21)8-1-3-9(20)4-2-8/h1-6,28H,7,21H2,(H,22,26)(H2,23,25,27)/b24-12-/t17-/m1/s1. The number of amides is 3. The van der Waals surface area contributed by atoms with Crippen LogP contribution in [0.3, 0.4) is 0 Å². The molecule has 1 aliphatic heterocycles. The summed E-state index contributed by atoms with van der Waals surface area (Å²) in [4.78, 5) is 23.9. The van der Waals surface area contributed by atoms with Crippen LogP contribution in [0.1, 0.15) is 17.5 Å². The second-order valence-corrected chi connectivity index (χ2v) is 6.74. The van der Waals surface area contributed by atoms with Crippen LogP contribution >= 0.6 is 23.2 Å². The van der Waals surface area contributed by atoms with Crippen LogP contribution in [0.5, 0.6) is 0 Å². The zero-order valence-electron chi connectivity index (χ0n) is 14.1. The topological polar surface area (TPSA) is 129 Å². The molecule has 11 heteroatoms. The van der Waals surface area contributed by atoms with Crippen LogP contribution in [0, 0.1) is 5.82 Å². The molecule has 28 heavy (non-hydrogen) atoms. The van der Waals surface area contributed by atoms with Gasteiger partial charge in [-0.1, -0.05) is 35.3 Å². The quantitative estimate of drug-likeness (QED) is 0.222. The van der Waals surface area contributed by atoms with Crippen LogP contribution in [0.4, 0.5) is 14.9 Å². The van der Waals surface area contributed by atoms with Gasteiger partial charge in [0.15, 0.2) is 5.60 Å². The fraction of sp³-hybridized carbons (Fsp3) is 0.118. The number of halogens is 3. The van der Waals surface area contributed by atoms with Gasteiger partial charge < -0.3 is 10.4 Å². The lowest BCUT2D eigenvalue weighted by molar-refractivity contribution is -0.132. The van der Waals surface area contributed by atoms with Gasteiger partial charge in [-0.3, -0.25) is 10.2 Å². The van der Waals surface area contributed by atoms with Crippen molar-refractivity contribution in [2.45, 2.75) is 12.0 Å². The van der Waals surface area contributed by atoms with Crippen molar-refractivity contribution in [2.75, 3.05) is 5.32 Å². The van der Waals surface area contributed by atoms with E-state index in [1.165, 1.54) is 36.4 Å². The number of rotatable bonds is 4. The molecule has 0 fully saturated rings. The molecule has 3 rings (SSSR count). The number of carbonyl (C=O) groups excluding carboxylic acids is 2. The van der Waals surface area contributed by atoms with Gasteiger partial charge in [-0.15, -0.1) is 0 Å². The number of urea groups is 1. The molecule has 3 amide bonds. The predicted molar refractivity (Wildman–Crippen MR) is 102 cm³/mol. The lowest BCUT2D eigenvalue weighted by Crippen LogP contribution is -2.40. The average Bonchev–Trinajstić information content (AvgIpc) is 2.94. The Morgan fingerprint density at radius 3 is 2.50 bits per heavy atom. The van der Waals surface area contributed by atoms with Gasteiger partial charge >= 0.3 is 6.03 Å². The summed E-state index contributed by atoms with van der Waals surface area (Å²) < 4.78 is 13.3. The number of fused-ring (bicyclic) bond motifs is 1. The Bertz CT molecular complexity index is 984. The summed E-state index contributed by atoms with van der Waals surface area (Å²) in [6, 6.07) is 7.21. The maximum Gasteiger partial charge on any atom is 0.349 e. The molecule has 1 aliphatic rings. The van der Waals surface area contributed by atoms with Gasteiger partial charge in [-0.25, -0.2) is 20.5 Å². The summed E-state index contributed by atoms with van der Waals surface area (Å²) in [6.07, 6.45) is -0.387. The number of aliphatic hydroxyl groups is 1. The number of carbonyl (C=O) groups is 2. The molecule has 2 aromatic rings. The molecule has 2 aromatic carbocycles. The van der Waals surface area contributed by atoms with E-state index < -0.39 is 23.4 Å². The van der Waals surface area contributed by atoms with Crippen molar-refractivity contribution in [2.24, 2.45) is 10.9 Å². The molecule has 0 aromatic heterocycles. The van der Waals surface area contributed by atoms with Crippen LogP contribution in [0.2, 0.25) is 10.0 Å². The van der Waals surface area contributed by atoms with Crippen molar-refractivity contribution in [3.05, 3.63) is 63.4 Å². The summed E-state index contributed by atoms with van der Waals surface area (Å²) in [5.74, 6) is 3.74. The second kappa shape index (κ2) is 7.72. The highest BCUT2D eigenvalue weighted by atomic mass is 35.5. The van der Waals surface area contributed by atoms with E-state index >= 15 is 0 Å². The minimum atomic E-state index is -2.12. The predicted octanol–water partition coefficient (Wildman–Crippen LogP) is 2.24. The van der Waals surface area contributed by atoms with E-state index in [9.17, 15) is 19.1 Å². The highest BCUT2D eigenvalue weighted by Crippen LogP contribution is 2.46. The first-order valence-corrected chi connectivity index (χ1v) is 8.63. The average molecular weight is 426 g/mol. The van der Waals surface area contributed by atoms with E-state index in [0.29, 0.717) is 5.56 Å². The molecule has 6 N–H and O–H groups in total. The number of hydrogen-bond acceptors (Lipinski definition) is 5. The maximum absolute atomic E-state index is 13.3. The maximum atomic E-state index is 13.3. The summed E-state index contributed by atoms with van der Waals surface area (Å²) >= 11 is 12.3. The monoisotopic (exact) mass is 425 g/mol. The Hall–Kier alpha value is -2.72. The Labute approximate surface area is 168 Å². The van der Waals surface area contributed by atoms with E-state index in [0.717, 1.165) is 0 Å². The number of nitrogens with one attached hydrogen (secondary N) is 3. The Morgan fingerprint density at radius 2 is 1.86 bits per heavy atom. The van der Waals surface area contributed by atoms with Crippen LogP contribution in [0.25, 0.3) is 0 Å². The van der Waals surface area contributed by atoms with Gasteiger partial charge in [0.05, 0.1) is 16.4 Å². The van der Waals surface area contributed by atoms with Gasteiger partial charge in [0, 0.05) is 17.0 Å². The number of anilines is 1. The molecule has 1 heterocycles. The van der Waals surface area contributed by atoms with Crippen LogP contribution in [-0.4, -0.2) is 22.8 Å². The summed E-state index contributed by atoms with van der Waals surface area (Å²) in [5.41, 5.74) is 2.53. The van der Waals surface area contributed by atoms with Crippen molar-refractivity contribution in [3.63, 3.8) is 0 Å². The fourth-order valence-corrected chi connectivity index (χ4v) is 3.34. The molecular weight excluding hydrogens is 412 g/mol. The van der Waals surface area contributed by atoms with Gasteiger partial charge in [-0.05, 0) is 29.8 Å². The molecule has 0 spiro atoms. The van der Waals surface area contributed by atoms with Crippen LogP contribution in [0.15, 0.2) is 41.5 Å². The molecule has 1 atom stereocenters. The number of hydrogen-bond donors (Lipinski definition) is 5. The fourth-order valence-electron chi connectivity index (χ4n) is 2.82. The van der Waals surface area contributed by atoms with Crippen LogP contribution < -0.4 is 22.0 Å². The molecule has 0 saturated carbocycles. The van der Waals surface area contributed by atoms with Crippen LogP contribution in [-0.2, 0) is 10.4 Å². The van der Waals surface area contributed by atoms with Gasteiger partial charge in [0.25, 0.3) is 5.91 Å². The Balaban J connectivity index is 2.06. The largest absolute Gasteiger partial charge is 0.375 e. The summed E-state index contributed by atoms with van der Waals surface area (Å²) in [5, 5.41) is 17.9. The van der Waals surface area contributed by atoms with Crippen molar-refractivity contribution < 1.29 is 19.1 Å². The molecule has 8 nitrogen and oxygen atoms in total. The summed E-state index contributed by atoms with van der Waals surface area (Å²) in [7, 11) is 0. The third kappa shape index (κ3) is 3.65. The minimum Gasteiger partial charge on any atom is -0.375 e. The zero-order valence-corrected chi connectivity index (χ0v) is 15.6. The molecule has 146 valence electrons. The molecular formula is C17H14Cl2FN5O3. The lowest BCUT2D eigenvalue weighted by atomic mass is 9.87. The SMILES string of the molecule is NNC(=O)N/N=C(/C[C@]1(O)C(=O)Nc2c(Cl)ccc(Cl)c21)c1ccc(F)cc1. The van der Waals surface area contributed by atoms with E-state index in [4.69, 9.17) is 29.0 Å². The smallest absolute Gasteiger partial charge is 0.349 e. The van der Waals surface area contributed by atoms with E-state index in [1.807, 2.05) is 5.43 Å². The van der Waals surface area contributed by atoms with E-state index in [1.54, 1.807) is 0 Å². The van der Waals surface area contributed by atoms with Gasteiger partial charge in [0.1, 0.15) is 5.82 Å². The number of nitrogens with zero attached hydrogens (tertiary/aromatic N) is 1. The van der Waals surface area contributed by atoms with Gasteiger partial charge in [0.2, 0.25) is 0 Å². The number of hydrazone groups is 1. The molecule has 0 bridgehead atoms. The van der Waals surface area contributed by atoms with E-state index in [-0.39, 0.29) is 33.4 Å². The van der Waals surface area contributed by atoms with E-state index in [2.05, 4.69) is 15.8 Å². The highest BCUT2D eigenvalue weighted by Gasteiger charge is 2.48. The summed E-state index contributed by atoms with van der Waals surface area (Å²) in [6.45, 7) is 0. The lowest BCUT2D eigenvalue weighted by Gasteiger charge is -2.23. The molecule has 0 unspecified atom stereocenters. The van der Waals surface area contributed by atoms with Gasteiger partial charge in [-0.2, -0.15) is 5.10 Å². The molecule has 0 aliphatic carbocycles. The zero-order chi connectivity index (χ0) is 20.5. The third-order valence-corrected chi connectivity index (χ3v) is 4.79. The van der Waals surface area contributed by atoms with Crippen molar-refractivity contribution in [1.29, 1.82) is 0 Å². The Kier molecular flexibility index (Phi) is 5.52. The minimum absolute atomic E-state index is 0.0742. The van der Waals surface area contributed by atoms with Crippen molar-refractivity contribution in [3.8, 4) is 0 Å². The first-order valence-electron chi connectivity index (χ1n) is 7.87. The number of benzene rings is 2. The first-order chi connectivity index (χ1) is 13.3. The normalized spacial score (nSPS) is 18.5. The molecule has 0 radical (unpaired) electrons. The highest BCUT2D eigenvalue weighted by molar-refractivity contribution is 6.38. The third-order valence-electron chi connectivity index (χ3n) is 4.16.